The van der Waals surface area contributed by atoms with E-state index in [-0.39, 0.29) is 17.5 Å². The molecule has 6 nitrogen and oxygen atoms in total. The van der Waals surface area contributed by atoms with Crippen LogP contribution in [0.25, 0.3) is 17.1 Å². The number of pyridine rings is 1. The number of amides is 1. The third-order valence-corrected chi connectivity index (χ3v) is 7.68. The van der Waals surface area contributed by atoms with Crippen molar-refractivity contribution in [1.29, 1.82) is 0 Å². The Morgan fingerprint density at radius 2 is 1.85 bits per heavy atom. The topological polar surface area (TPSA) is 63.9 Å². The Bertz CT molecular complexity index is 1300. The largest absolute Gasteiger partial charge is 0.311 e. The smallest absolute Gasteiger partial charge is 0.237 e. The Morgan fingerprint density at radius 1 is 1.09 bits per heavy atom. The van der Waals surface area contributed by atoms with Crippen molar-refractivity contribution in [3.05, 3.63) is 78.9 Å². The highest BCUT2D eigenvalue weighted by atomic mass is 32.2. The van der Waals surface area contributed by atoms with Gasteiger partial charge in [-0.25, -0.2) is 4.39 Å². The number of anilines is 1. The van der Waals surface area contributed by atoms with Crippen molar-refractivity contribution >= 4 is 35.1 Å². The third-order valence-electron chi connectivity index (χ3n) is 5.53. The van der Waals surface area contributed by atoms with Crippen molar-refractivity contribution in [2.45, 2.75) is 28.6 Å². The number of halogens is 1. The minimum absolute atomic E-state index is 0.0197. The first kappa shape index (κ1) is 22.6. The summed E-state index contributed by atoms with van der Waals surface area (Å²) in [5, 5.41) is 9.76. The highest BCUT2D eigenvalue weighted by molar-refractivity contribution is 8.00. The third kappa shape index (κ3) is 4.71. The molecule has 0 N–H and O–H groups in total. The van der Waals surface area contributed by atoms with E-state index in [0.29, 0.717) is 22.8 Å². The zero-order valence-electron chi connectivity index (χ0n) is 18.5. The number of nitrogens with zero attached hydrogens (tertiary/aromatic N) is 5. The van der Waals surface area contributed by atoms with Crippen molar-refractivity contribution in [1.82, 2.24) is 19.7 Å². The maximum atomic E-state index is 13.6. The van der Waals surface area contributed by atoms with Gasteiger partial charge < -0.3 is 4.90 Å². The minimum Gasteiger partial charge on any atom is -0.311 e. The summed E-state index contributed by atoms with van der Waals surface area (Å²) in [5.74, 6) is 0.516. The lowest BCUT2D eigenvalue weighted by Gasteiger charge is -2.22. The fourth-order valence-electron chi connectivity index (χ4n) is 3.82. The molecule has 3 heterocycles. The highest BCUT2D eigenvalue weighted by Crippen LogP contribution is 2.38. The molecule has 0 bridgehead atoms. The van der Waals surface area contributed by atoms with Gasteiger partial charge in [0.15, 0.2) is 11.0 Å². The number of carbonyl (C=O) groups excluding carboxylic acids is 1. The van der Waals surface area contributed by atoms with E-state index in [1.165, 1.54) is 23.9 Å². The number of fused-ring (bicyclic) bond motifs is 1. The molecular formula is C25H22FN5OS2. The predicted molar refractivity (Wildman–Crippen MR) is 134 cm³/mol. The lowest BCUT2D eigenvalue weighted by atomic mass is 10.2. The van der Waals surface area contributed by atoms with Gasteiger partial charge in [0, 0.05) is 40.3 Å². The van der Waals surface area contributed by atoms with Crippen molar-refractivity contribution in [2.75, 3.05) is 17.2 Å². The van der Waals surface area contributed by atoms with Gasteiger partial charge in [-0.3, -0.25) is 14.3 Å². The Balaban J connectivity index is 1.43. The summed E-state index contributed by atoms with van der Waals surface area (Å²) < 4.78 is 15.4. The molecule has 1 aliphatic rings. The molecule has 0 spiro atoms. The van der Waals surface area contributed by atoms with E-state index in [0.717, 1.165) is 28.3 Å². The first-order chi connectivity index (χ1) is 16.6. The summed E-state index contributed by atoms with van der Waals surface area (Å²) in [7, 11) is 0. The van der Waals surface area contributed by atoms with Crippen LogP contribution in [0.5, 0.6) is 0 Å². The molecule has 1 atom stereocenters. The predicted octanol–water partition coefficient (Wildman–Crippen LogP) is 5.48. The first-order valence-electron chi connectivity index (χ1n) is 10.9. The Kier molecular flexibility index (Phi) is 6.64. The van der Waals surface area contributed by atoms with E-state index in [4.69, 9.17) is 0 Å². The van der Waals surface area contributed by atoms with E-state index in [9.17, 15) is 9.18 Å². The monoisotopic (exact) mass is 491 g/mol. The molecule has 9 heteroatoms. The molecule has 4 aromatic rings. The zero-order chi connectivity index (χ0) is 23.5. The Hall–Kier alpha value is -3.17. The van der Waals surface area contributed by atoms with Gasteiger partial charge >= 0.3 is 0 Å². The number of carbonyl (C=O) groups is 1. The second-order valence-corrected chi connectivity index (χ2v) is 10.3. The van der Waals surface area contributed by atoms with E-state index < -0.39 is 0 Å². The van der Waals surface area contributed by atoms with Gasteiger partial charge in [-0.15, -0.1) is 22.0 Å². The second kappa shape index (κ2) is 9.99. The molecule has 0 fully saturated rings. The highest BCUT2D eigenvalue weighted by Gasteiger charge is 2.25. The summed E-state index contributed by atoms with van der Waals surface area (Å²) in [4.78, 5) is 20.4. The van der Waals surface area contributed by atoms with Gasteiger partial charge in [-0.2, -0.15) is 0 Å². The lowest BCUT2D eigenvalue weighted by Crippen LogP contribution is -2.33. The summed E-state index contributed by atoms with van der Waals surface area (Å²) in [6.07, 6.45) is 4.30. The number of hydrogen-bond donors (Lipinski definition) is 0. The van der Waals surface area contributed by atoms with Crippen LogP contribution in [0.3, 0.4) is 0 Å². The van der Waals surface area contributed by atoms with E-state index in [2.05, 4.69) is 28.2 Å². The first-order valence-corrected chi connectivity index (χ1v) is 12.8. The number of hydrogen-bond acceptors (Lipinski definition) is 6. The molecule has 0 saturated heterocycles. The van der Waals surface area contributed by atoms with Gasteiger partial charge in [-0.05, 0) is 55.0 Å². The maximum Gasteiger partial charge on any atom is 0.237 e. The van der Waals surface area contributed by atoms with E-state index in [1.807, 2.05) is 51.6 Å². The van der Waals surface area contributed by atoms with Crippen LogP contribution in [0.4, 0.5) is 10.1 Å². The van der Waals surface area contributed by atoms with Crippen LogP contribution < -0.4 is 4.90 Å². The average molecular weight is 492 g/mol. The van der Waals surface area contributed by atoms with Gasteiger partial charge in [0.25, 0.3) is 0 Å². The van der Waals surface area contributed by atoms with Crippen molar-refractivity contribution in [2.24, 2.45) is 0 Å². The lowest BCUT2D eigenvalue weighted by molar-refractivity contribution is -0.116. The molecule has 0 aliphatic carbocycles. The molecule has 0 radical (unpaired) electrons. The van der Waals surface area contributed by atoms with Gasteiger partial charge in [0.05, 0.1) is 11.4 Å². The number of rotatable bonds is 5. The van der Waals surface area contributed by atoms with Crippen LogP contribution in [0.1, 0.15) is 13.3 Å². The van der Waals surface area contributed by atoms with Crippen molar-refractivity contribution < 1.29 is 9.18 Å². The number of aromatic nitrogens is 4. The summed E-state index contributed by atoms with van der Waals surface area (Å²) >= 11 is 3.13. The molecule has 34 heavy (non-hydrogen) atoms. The van der Waals surface area contributed by atoms with E-state index in [1.54, 1.807) is 24.5 Å². The summed E-state index contributed by atoms with van der Waals surface area (Å²) in [5.41, 5.74) is 2.51. The molecule has 1 amide bonds. The van der Waals surface area contributed by atoms with Crippen LogP contribution in [0.15, 0.2) is 83.1 Å². The Morgan fingerprint density at radius 3 is 2.65 bits per heavy atom. The fraction of sp³-hybridized carbons (Fsp3) is 0.200. The quantitative estimate of drug-likeness (QED) is 0.345. The molecule has 2 aromatic carbocycles. The van der Waals surface area contributed by atoms with Crippen molar-refractivity contribution in [3.8, 4) is 17.1 Å². The van der Waals surface area contributed by atoms with Gasteiger partial charge in [0.2, 0.25) is 5.91 Å². The van der Waals surface area contributed by atoms with Gasteiger partial charge in [0.1, 0.15) is 5.82 Å². The molecule has 0 saturated carbocycles. The van der Waals surface area contributed by atoms with E-state index >= 15 is 0 Å². The van der Waals surface area contributed by atoms with Crippen LogP contribution in [0.2, 0.25) is 0 Å². The maximum absolute atomic E-state index is 13.6. The summed E-state index contributed by atoms with van der Waals surface area (Å²) in [6.45, 7) is 2.87. The van der Waals surface area contributed by atoms with Crippen LogP contribution in [-0.2, 0) is 4.79 Å². The van der Waals surface area contributed by atoms with Gasteiger partial charge in [-0.1, -0.05) is 30.8 Å². The zero-order valence-corrected chi connectivity index (χ0v) is 20.1. The van der Waals surface area contributed by atoms with Crippen LogP contribution >= 0.6 is 23.5 Å². The molecule has 0 unspecified atom stereocenters. The van der Waals surface area contributed by atoms with Crippen LogP contribution in [-0.4, -0.2) is 43.2 Å². The van der Waals surface area contributed by atoms with Crippen LogP contribution in [0, 0.1) is 5.82 Å². The number of para-hydroxylation sites is 1. The minimum atomic E-state index is -0.321. The Labute approximate surface area is 205 Å². The molecule has 1 aliphatic heterocycles. The SMILES string of the molecule is C[C@H]1CCN(C(=O)CSc2nnc(-c3ccncc3)n2-c2ccc(F)cc2)c2ccccc2S1. The molecule has 5 rings (SSSR count). The molecular weight excluding hydrogens is 469 g/mol. The van der Waals surface area contributed by atoms with Crippen molar-refractivity contribution in [3.63, 3.8) is 0 Å². The molecule has 172 valence electrons. The number of benzene rings is 2. The second-order valence-electron chi connectivity index (χ2n) is 7.87. The number of thioether (sulfide) groups is 2. The average Bonchev–Trinajstić information content (AvgIpc) is 3.20. The fourth-order valence-corrected chi connectivity index (χ4v) is 5.77. The molecule has 2 aromatic heterocycles. The standard InChI is InChI=1S/C25H22FN5OS2/c1-17-12-15-30(21-4-2-3-5-22(21)34-17)23(32)16-33-25-29-28-24(18-10-13-27-14-11-18)31(25)20-8-6-19(26)7-9-20/h2-11,13-14,17H,12,15-16H2,1H3/t17-/m0/s1. The summed E-state index contributed by atoms with van der Waals surface area (Å²) in [6, 6.07) is 17.9. The normalized spacial score (nSPS) is 15.6.